The third-order valence-corrected chi connectivity index (χ3v) is 8.24. The number of halogens is 1. The molecule has 0 atom stereocenters. The van der Waals surface area contributed by atoms with E-state index in [1.807, 2.05) is 6.92 Å². The highest BCUT2D eigenvalue weighted by atomic mass is 32.2. The number of ether oxygens (including phenoxy) is 1. The molecule has 0 aliphatic rings. The van der Waals surface area contributed by atoms with E-state index in [9.17, 15) is 22.4 Å². The molecule has 41 heavy (non-hydrogen) atoms. The first-order valence-electron chi connectivity index (χ1n) is 12.3. The van der Waals surface area contributed by atoms with Crippen molar-refractivity contribution in [2.24, 2.45) is 0 Å². The first-order chi connectivity index (χ1) is 19.7. The van der Waals surface area contributed by atoms with Crippen LogP contribution in [0.2, 0.25) is 0 Å². The summed E-state index contributed by atoms with van der Waals surface area (Å²) in [4.78, 5) is 33.8. The summed E-state index contributed by atoms with van der Waals surface area (Å²) < 4.78 is 47.2. The van der Waals surface area contributed by atoms with E-state index in [0.29, 0.717) is 28.1 Å². The molecule has 0 aliphatic heterocycles. The van der Waals surface area contributed by atoms with E-state index in [1.54, 1.807) is 54.0 Å². The largest absolute Gasteiger partial charge is 0.487 e. The van der Waals surface area contributed by atoms with Gasteiger partial charge < -0.3 is 4.74 Å². The molecule has 3 heterocycles. The molecule has 0 unspecified atom stereocenters. The van der Waals surface area contributed by atoms with Gasteiger partial charge in [-0.3, -0.25) is 14.6 Å². The molecule has 0 radical (unpaired) electrons. The Morgan fingerprint density at radius 1 is 0.951 bits per heavy atom. The number of nitrogens with zero attached hydrogens (tertiary/aromatic N) is 2. The summed E-state index contributed by atoms with van der Waals surface area (Å²) in [6.45, 7) is 1.98. The number of thiophene rings is 1. The molecule has 5 rings (SSSR count). The normalized spacial score (nSPS) is 11.2. The lowest BCUT2D eigenvalue weighted by atomic mass is 10.1. The second kappa shape index (κ2) is 11.8. The number of nitrogens with one attached hydrogen (secondary N) is 1. The van der Waals surface area contributed by atoms with Crippen molar-refractivity contribution in [1.29, 1.82) is 0 Å². The van der Waals surface area contributed by atoms with Crippen molar-refractivity contribution in [2.45, 2.75) is 18.4 Å². The maximum absolute atomic E-state index is 13.1. The molecule has 8 nitrogen and oxygen atoms in total. The van der Waals surface area contributed by atoms with E-state index in [0.717, 1.165) is 16.9 Å². The standard InChI is InChI=1S/C30H22FN3O5S2/c1-19-4-13-28(41(37,38)34-30(36)27-3-2-14-40-27)24(15-19)25-11-5-20(16-32-25)18-39-23-10-12-26(33-17-23)29(35)21-6-8-22(31)9-7-21/h2-17H,18H2,1H3,(H,34,36). The monoisotopic (exact) mass is 587 g/mol. The van der Waals surface area contributed by atoms with Crippen molar-refractivity contribution < 1.29 is 27.1 Å². The highest BCUT2D eigenvalue weighted by molar-refractivity contribution is 7.90. The number of carbonyl (C=O) groups is 2. The Kier molecular flexibility index (Phi) is 7.99. The van der Waals surface area contributed by atoms with Crippen molar-refractivity contribution in [2.75, 3.05) is 0 Å². The van der Waals surface area contributed by atoms with Crippen LogP contribution in [0.4, 0.5) is 4.39 Å². The molecular formula is C30H22FN3O5S2. The lowest BCUT2D eigenvalue weighted by molar-refractivity contribution is 0.0984. The average Bonchev–Trinajstić information content (AvgIpc) is 3.52. The lowest BCUT2D eigenvalue weighted by Crippen LogP contribution is -2.30. The number of benzene rings is 2. The van der Waals surface area contributed by atoms with Crippen molar-refractivity contribution in [3.63, 3.8) is 0 Å². The minimum Gasteiger partial charge on any atom is -0.487 e. The van der Waals surface area contributed by atoms with Gasteiger partial charge in [0.25, 0.3) is 15.9 Å². The minimum atomic E-state index is -4.17. The summed E-state index contributed by atoms with van der Waals surface area (Å²) in [6, 6.07) is 19.8. The number of ketones is 1. The van der Waals surface area contributed by atoms with Crippen LogP contribution in [-0.2, 0) is 16.6 Å². The molecule has 1 N–H and O–H groups in total. The first kappa shape index (κ1) is 27.8. The van der Waals surface area contributed by atoms with Crippen LogP contribution in [0, 0.1) is 12.7 Å². The van der Waals surface area contributed by atoms with Crippen molar-refractivity contribution in [3.05, 3.63) is 130 Å². The number of pyridine rings is 2. The van der Waals surface area contributed by atoms with Crippen LogP contribution in [0.15, 0.2) is 102 Å². The molecule has 0 fully saturated rings. The van der Waals surface area contributed by atoms with Gasteiger partial charge in [-0.1, -0.05) is 23.8 Å². The highest BCUT2D eigenvalue weighted by Gasteiger charge is 2.24. The maximum atomic E-state index is 13.1. The van der Waals surface area contributed by atoms with E-state index in [4.69, 9.17) is 4.74 Å². The number of hydrogen-bond donors (Lipinski definition) is 1. The molecule has 0 bridgehead atoms. The van der Waals surface area contributed by atoms with Gasteiger partial charge in [0.15, 0.2) is 0 Å². The molecule has 0 aliphatic carbocycles. The Morgan fingerprint density at radius 2 is 1.76 bits per heavy atom. The van der Waals surface area contributed by atoms with Crippen LogP contribution in [0.1, 0.15) is 36.9 Å². The molecule has 1 amide bonds. The van der Waals surface area contributed by atoms with Gasteiger partial charge in [0.05, 0.1) is 21.7 Å². The number of hydrogen-bond acceptors (Lipinski definition) is 8. The summed E-state index contributed by atoms with van der Waals surface area (Å²) in [6.07, 6.45) is 2.99. The fraction of sp³-hybridized carbons (Fsp3) is 0.0667. The van der Waals surface area contributed by atoms with Gasteiger partial charge in [0.1, 0.15) is 23.9 Å². The SMILES string of the molecule is Cc1ccc(S(=O)(=O)NC(=O)c2cccs2)c(-c2ccc(COc3ccc(C(=O)c4ccc(F)cc4)nc3)cn2)c1. The Labute approximate surface area is 239 Å². The van der Waals surface area contributed by atoms with Crippen LogP contribution in [0.25, 0.3) is 11.3 Å². The van der Waals surface area contributed by atoms with E-state index in [1.165, 1.54) is 42.6 Å². The summed E-state index contributed by atoms with van der Waals surface area (Å²) >= 11 is 1.14. The molecule has 0 saturated carbocycles. The lowest BCUT2D eigenvalue weighted by Gasteiger charge is -2.13. The summed E-state index contributed by atoms with van der Waals surface area (Å²) in [5, 5.41) is 1.69. The van der Waals surface area contributed by atoms with Crippen LogP contribution in [0.5, 0.6) is 5.75 Å². The molecule has 0 saturated heterocycles. The summed E-state index contributed by atoms with van der Waals surface area (Å²) in [5.74, 6) is -1.03. The molecule has 3 aromatic heterocycles. The number of sulfonamides is 1. The van der Waals surface area contributed by atoms with Gasteiger partial charge in [-0.05, 0) is 73.0 Å². The second-order valence-electron chi connectivity index (χ2n) is 8.97. The zero-order valence-corrected chi connectivity index (χ0v) is 23.2. The third kappa shape index (κ3) is 6.53. The summed E-state index contributed by atoms with van der Waals surface area (Å²) in [5.41, 5.74) is 2.83. The fourth-order valence-electron chi connectivity index (χ4n) is 3.90. The zero-order chi connectivity index (χ0) is 29.0. The molecule has 11 heteroatoms. The quantitative estimate of drug-likeness (QED) is 0.224. The Hall–Kier alpha value is -4.74. The van der Waals surface area contributed by atoms with Gasteiger partial charge >= 0.3 is 0 Å². The van der Waals surface area contributed by atoms with E-state index < -0.39 is 21.7 Å². The van der Waals surface area contributed by atoms with Gasteiger partial charge in [-0.25, -0.2) is 22.5 Å². The van der Waals surface area contributed by atoms with Crippen LogP contribution >= 0.6 is 11.3 Å². The van der Waals surface area contributed by atoms with Gasteiger partial charge in [0, 0.05) is 22.9 Å². The van der Waals surface area contributed by atoms with Crippen molar-refractivity contribution >= 4 is 33.1 Å². The zero-order valence-electron chi connectivity index (χ0n) is 21.6. The molecular weight excluding hydrogens is 565 g/mol. The van der Waals surface area contributed by atoms with Crippen LogP contribution in [-0.4, -0.2) is 30.1 Å². The fourth-order valence-corrected chi connectivity index (χ4v) is 5.75. The number of amides is 1. The Balaban J connectivity index is 1.27. The predicted octanol–water partition coefficient (Wildman–Crippen LogP) is 5.58. The first-order valence-corrected chi connectivity index (χ1v) is 14.6. The molecule has 0 spiro atoms. The minimum absolute atomic E-state index is 0.0640. The maximum Gasteiger partial charge on any atom is 0.275 e. The topological polar surface area (TPSA) is 115 Å². The predicted molar refractivity (Wildman–Crippen MR) is 152 cm³/mol. The van der Waals surface area contributed by atoms with Gasteiger partial charge in [-0.2, -0.15) is 0 Å². The van der Waals surface area contributed by atoms with Gasteiger partial charge in [0.2, 0.25) is 5.78 Å². The van der Waals surface area contributed by atoms with E-state index in [2.05, 4.69) is 14.7 Å². The molecule has 2 aromatic carbocycles. The third-order valence-electron chi connectivity index (χ3n) is 5.98. The molecule has 206 valence electrons. The van der Waals surface area contributed by atoms with Crippen molar-refractivity contribution in [3.8, 4) is 17.0 Å². The highest BCUT2D eigenvalue weighted by Crippen LogP contribution is 2.28. The summed E-state index contributed by atoms with van der Waals surface area (Å²) in [7, 11) is -4.17. The average molecular weight is 588 g/mol. The van der Waals surface area contributed by atoms with E-state index in [-0.39, 0.29) is 27.9 Å². The number of rotatable bonds is 9. The number of carbonyl (C=O) groups excluding carboxylic acids is 2. The van der Waals surface area contributed by atoms with Crippen LogP contribution in [0.3, 0.4) is 0 Å². The Bertz CT molecular complexity index is 1810. The number of aryl methyl sites for hydroxylation is 1. The van der Waals surface area contributed by atoms with Gasteiger partial charge in [-0.15, -0.1) is 11.3 Å². The number of aromatic nitrogens is 2. The van der Waals surface area contributed by atoms with Crippen LogP contribution < -0.4 is 9.46 Å². The molecule has 5 aromatic rings. The van der Waals surface area contributed by atoms with Crippen molar-refractivity contribution in [1.82, 2.24) is 14.7 Å². The van der Waals surface area contributed by atoms with E-state index >= 15 is 0 Å². The second-order valence-corrected chi connectivity index (χ2v) is 11.6. The smallest absolute Gasteiger partial charge is 0.275 e. The Morgan fingerprint density at radius 3 is 2.41 bits per heavy atom.